The first-order valence-corrected chi connectivity index (χ1v) is 10.8. The zero-order valence-corrected chi connectivity index (χ0v) is 17.2. The van der Waals surface area contributed by atoms with Crippen LogP contribution in [0.15, 0.2) is 47.4 Å². The van der Waals surface area contributed by atoms with Gasteiger partial charge in [0.25, 0.3) is 5.91 Å². The summed E-state index contributed by atoms with van der Waals surface area (Å²) in [6.45, 7) is 1.37. The Kier molecular flexibility index (Phi) is 6.11. The van der Waals surface area contributed by atoms with Gasteiger partial charge < -0.3 is 4.90 Å². The Hall–Kier alpha value is -1.60. The number of halogens is 2. The summed E-state index contributed by atoms with van der Waals surface area (Å²) in [4.78, 5) is 14.4. The number of carbonyl (C=O) groups excluding carboxylic acids is 1. The lowest BCUT2D eigenvalue weighted by molar-refractivity contribution is 0.0785. The summed E-state index contributed by atoms with van der Waals surface area (Å²) in [5.74, 6) is -0.339. The van der Waals surface area contributed by atoms with Gasteiger partial charge in [0.15, 0.2) is 0 Å². The van der Waals surface area contributed by atoms with Crippen LogP contribution in [0.5, 0.6) is 0 Å². The van der Waals surface area contributed by atoms with Crippen molar-refractivity contribution in [3.05, 3.63) is 63.6 Å². The van der Waals surface area contributed by atoms with Crippen LogP contribution < -0.4 is 0 Å². The quantitative estimate of drug-likeness (QED) is 0.724. The van der Waals surface area contributed by atoms with Crippen LogP contribution in [0, 0.1) is 0 Å². The molecule has 0 aliphatic carbocycles. The summed E-state index contributed by atoms with van der Waals surface area (Å²) in [5, 5.41) is 0.846. The fraction of sp³-hybridized carbons (Fsp3) is 0.316. The molecule has 1 heterocycles. The predicted octanol–water partition coefficient (Wildman–Crippen LogP) is 4.05. The van der Waals surface area contributed by atoms with Crippen LogP contribution in [0.3, 0.4) is 0 Å². The van der Waals surface area contributed by atoms with Gasteiger partial charge in [0.1, 0.15) is 0 Å². The van der Waals surface area contributed by atoms with E-state index in [9.17, 15) is 13.2 Å². The molecule has 144 valence electrons. The average molecular weight is 427 g/mol. The highest BCUT2D eigenvalue weighted by molar-refractivity contribution is 7.89. The molecule has 0 saturated carbocycles. The molecule has 27 heavy (non-hydrogen) atoms. The standard InChI is InChI=1S/C19H20Cl2N2O3S/c1-22(13-14-4-6-15(20)7-5-14)19(24)17-12-16(8-9-18(17)21)27(25,26)23-10-2-3-11-23/h4-9,12H,2-3,10-11,13H2,1H3. The maximum absolute atomic E-state index is 12.8. The molecule has 0 atom stereocenters. The van der Waals surface area contributed by atoms with Crippen molar-refractivity contribution >= 4 is 39.1 Å². The number of carbonyl (C=O) groups is 1. The second-order valence-electron chi connectivity index (χ2n) is 6.54. The highest BCUT2D eigenvalue weighted by atomic mass is 35.5. The minimum atomic E-state index is -3.61. The number of hydrogen-bond donors (Lipinski definition) is 0. The molecule has 0 unspecified atom stereocenters. The zero-order valence-electron chi connectivity index (χ0n) is 14.9. The van der Waals surface area contributed by atoms with Crippen molar-refractivity contribution in [1.29, 1.82) is 0 Å². The zero-order chi connectivity index (χ0) is 19.6. The van der Waals surface area contributed by atoms with Crippen molar-refractivity contribution in [3.63, 3.8) is 0 Å². The van der Waals surface area contributed by atoms with Gasteiger partial charge in [-0.2, -0.15) is 4.31 Å². The largest absolute Gasteiger partial charge is 0.337 e. The Balaban J connectivity index is 1.84. The molecule has 0 spiro atoms. The Bertz CT molecular complexity index is 940. The summed E-state index contributed by atoms with van der Waals surface area (Å²) in [5.41, 5.74) is 1.08. The van der Waals surface area contributed by atoms with E-state index in [2.05, 4.69) is 0 Å². The number of benzene rings is 2. The fourth-order valence-corrected chi connectivity index (χ4v) is 4.92. The van der Waals surface area contributed by atoms with E-state index in [1.807, 2.05) is 12.1 Å². The van der Waals surface area contributed by atoms with Crippen LogP contribution >= 0.6 is 23.2 Å². The Morgan fingerprint density at radius 1 is 1.07 bits per heavy atom. The molecule has 2 aromatic carbocycles. The second kappa shape index (κ2) is 8.19. The summed E-state index contributed by atoms with van der Waals surface area (Å²) >= 11 is 12.1. The lowest BCUT2D eigenvalue weighted by Crippen LogP contribution is -2.29. The molecule has 0 radical (unpaired) electrons. The van der Waals surface area contributed by atoms with Crippen LogP contribution in [0.25, 0.3) is 0 Å². The summed E-state index contributed by atoms with van der Waals surface area (Å²) in [6.07, 6.45) is 1.70. The lowest BCUT2D eigenvalue weighted by Gasteiger charge is -2.20. The van der Waals surface area contributed by atoms with Crippen molar-refractivity contribution in [3.8, 4) is 0 Å². The summed E-state index contributed by atoms with van der Waals surface area (Å²) < 4.78 is 27.0. The lowest BCUT2D eigenvalue weighted by atomic mass is 10.1. The molecule has 0 bridgehead atoms. The molecule has 3 rings (SSSR count). The van der Waals surface area contributed by atoms with E-state index in [4.69, 9.17) is 23.2 Å². The Labute approximate surface area is 169 Å². The SMILES string of the molecule is CN(Cc1ccc(Cl)cc1)C(=O)c1cc(S(=O)(=O)N2CCCC2)ccc1Cl. The van der Waals surface area contributed by atoms with Gasteiger partial charge in [-0.3, -0.25) is 4.79 Å². The van der Waals surface area contributed by atoms with Crippen LogP contribution in [0.4, 0.5) is 0 Å². The molecule has 1 saturated heterocycles. The highest BCUT2D eigenvalue weighted by Gasteiger charge is 2.28. The van der Waals surface area contributed by atoms with Crippen molar-refractivity contribution in [2.75, 3.05) is 20.1 Å². The molecule has 1 aliphatic rings. The van der Waals surface area contributed by atoms with E-state index in [0.717, 1.165) is 18.4 Å². The van der Waals surface area contributed by atoms with Crippen LogP contribution in [-0.4, -0.2) is 43.7 Å². The van der Waals surface area contributed by atoms with E-state index in [1.165, 1.54) is 27.4 Å². The topological polar surface area (TPSA) is 57.7 Å². The van der Waals surface area contributed by atoms with Gasteiger partial charge in [-0.05, 0) is 48.7 Å². The maximum Gasteiger partial charge on any atom is 0.255 e. The first-order chi connectivity index (χ1) is 12.8. The highest BCUT2D eigenvalue weighted by Crippen LogP contribution is 2.26. The number of hydrogen-bond acceptors (Lipinski definition) is 3. The average Bonchev–Trinajstić information content (AvgIpc) is 3.19. The molecular formula is C19H20Cl2N2O3S. The van der Waals surface area contributed by atoms with Gasteiger partial charge in [-0.25, -0.2) is 8.42 Å². The fourth-order valence-electron chi connectivity index (χ4n) is 3.05. The molecule has 1 fully saturated rings. The second-order valence-corrected chi connectivity index (χ2v) is 9.32. The van der Waals surface area contributed by atoms with E-state index >= 15 is 0 Å². The molecule has 5 nitrogen and oxygen atoms in total. The molecule has 1 aliphatic heterocycles. The van der Waals surface area contributed by atoms with Crippen LogP contribution in [0.1, 0.15) is 28.8 Å². The van der Waals surface area contributed by atoms with Gasteiger partial charge in [-0.15, -0.1) is 0 Å². The minimum Gasteiger partial charge on any atom is -0.337 e. The molecule has 8 heteroatoms. The minimum absolute atomic E-state index is 0.0945. The van der Waals surface area contributed by atoms with Gasteiger partial charge in [-0.1, -0.05) is 35.3 Å². The molecular weight excluding hydrogens is 407 g/mol. The molecule has 0 aromatic heterocycles. The van der Waals surface area contributed by atoms with E-state index in [0.29, 0.717) is 24.7 Å². The van der Waals surface area contributed by atoms with Gasteiger partial charge in [0, 0.05) is 31.7 Å². The monoisotopic (exact) mass is 426 g/mol. The third-order valence-electron chi connectivity index (χ3n) is 4.55. The number of amides is 1. The predicted molar refractivity (Wildman–Crippen MR) is 107 cm³/mol. The van der Waals surface area contributed by atoms with Gasteiger partial charge >= 0.3 is 0 Å². The number of sulfonamides is 1. The Morgan fingerprint density at radius 2 is 1.70 bits per heavy atom. The molecule has 2 aromatic rings. The van der Waals surface area contributed by atoms with Crippen molar-refractivity contribution in [2.24, 2.45) is 0 Å². The number of nitrogens with zero attached hydrogens (tertiary/aromatic N) is 2. The third-order valence-corrected chi connectivity index (χ3v) is 7.03. The van der Waals surface area contributed by atoms with Crippen molar-refractivity contribution in [2.45, 2.75) is 24.3 Å². The summed E-state index contributed by atoms with van der Waals surface area (Å²) in [7, 11) is -1.96. The molecule has 0 N–H and O–H groups in total. The van der Waals surface area contributed by atoms with Crippen molar-refractivity contribution < 1.29 is 13.2 Å². The maximum atomic E-state index is 12.8. The smallest absolute Gasteiger partial charge is 0.255 e. The van der Waals surface area contributed by atoms with Crippen molar-refractivity contribution in [1.82, 2.24) is 9.21 Å². The molecule has 1 amide bonds. The third kappa shape index (κ3) is 4.46. The van der Waals surface area contributed by atoms with E-state index < -0.39 is 10.0 Å². The van der Waals surface area contributed by atoms with Crippen LogP contribution in [-0.2, 0) is 16.6 Å². The first-order valence-electron chi connectivity index (χ1n) is 8.58. The van der Waals surface area contributed by atoms with Gasteiger partial charge in [0.2, 0.25) is 10.0 Å². The summed E-state index contributed by atoms with van der Waals surface area (Å²) in [6, 6.07) is 11.5. The van der Waals surface area contributed by atoms with E-state index in [1.54, 1.807) is 19.2 Å². The van der Waals surface area contributed by atoms with Gasteiger partial charge in [0.05, 0.1) is 15.5 Å². The Morgan fingerprint density at radius 3 is 2.33 bits per heavy atom. The van der Waals surface area contributed by atoms with Crippen LogP contribution in [0.2, 0.25) is 10.0 Å². The van der Waals surface area contributed by atoms with E-state index in [-0.39, 0.29) is 21.4 Å². The normalized spacial score (nSPS) is 15.1. The number of rotatable bonds is 5. The first kappa shape index (κ1) is 20.1.